The predicted molar refractivity (Wildman–Crippen MR) is 112 cm³/mol. The van der Waals surface area contributed by atoms with E-state index in [1.165, 1.54) is 0 Å². The third-order valence-electron chi connectivity index (χ3n) is 4.80. The van der Waals surface area contributed by atoms with Crippen molar-refractivity contribution < 1.29 is 19.0 Å². The van der Waals surface area contributed by atoms with Gasteiger partial charge in [-0.1, -0.05) is 0 Å². The Balaban J connectivity index is 1.20. The highest BCUT2D eigenvalue weighted by Gasteiger charge is 2.28. The van der Waals surface area contributed by atoms with Crippen LogP contribution < -0.4 is 14.4 Å². The fraction of sp³-hybridized carbons (Fsp3) is 0.455. The first-order chi connectivity index (χ1) is 14.3. The van der Waals surface area contributed by atoms with E-state index < -0.39 is 0 Å². The first-order valence-corrected chi connectivity index (χ1v) is 10.1. The molecule has 0 unspecified atom stereocenters. The van der Waals surface area contributed by atoms with Crippen LogP contribution in [0.5, 0.6) is 11.5 Å². The number of unbranched alkanes of at least 4 members (excludes halogenated alkanes) is 1. The van der Waals surface area contributed by atoms with E-state index in [9.17, 15) is 4.79 Å². The Kier molecular flexibility index (Phi) is 8.12. The van der Waals surface area contributed by atoms with Crippen LogP contribution in [0.2, 0.25) is 0 Å². The predicted octanol–water partition coefficient (Wildman–Crippen LogP) is 3.60. The number of carbonyl (C=O) groups excluding carboxylic acids is 1. The molecule has 0 spiro atoms. The SMILES string of the molecule is COc1ccc(OCCCOCCCCN2CCN(c3ccncc3)C2=O)cc1. The molecule has 1 fully saturated rings. The van der Waals surface area contributed by atoms with Gasteiger partial charge in [-0.25, -0.2) is 4.79 Å². The summed E-state index contributed by atoms with van der Waals surface area (Å²) < 4.78 is 16.5. The maximum atomic E-state index is 12.5. The average Bonchev–Trinajstić information content (AvgIpc) is 3.14. The van der Waals surface area contributed by atoms with Crippen LogP contribution >= 0.6 is 0 Å². The van der Waals surface area contributed by atoms with E-state index in [-0.39, 0.29) is 6.03 Å². The van der Waals surface area contributed by atoms with Gasteiger partial charge < -0.3 is 19.1 Å². The molecule has 3 rings (SSSR count). The Labute approximate surface area is 172 Å². The molecular weight excluding hydrogens is 370 g/mol. The minimum atomic E-state index is 0.0767. The average molecular weight is 399 g/mol. The Morgan fingerprint density at radius 2 is 1.62 bits per heavy atom. The maximum absolute atomic E-state index is 12.5. The van der Waals surface area contributed by atoms with E-state index in [1.807, 2.05) is 41.3 Å². The quantitative estimate of drug-likeness (QED) is 0.510. The molecule has 156 valence electrons. The summed E-state index contributed by atoms with van der Waals surface area (Å²) in [5.41, 5.74) is 0.910. The molecular formula is C22H29N3O4. The van der Waals surface area contributed by atoms with Crippen LogP contribution in [0.1, 0.15) is 19.3 Å². The number of hydrogen-bond donors (Lipinski definition) is 0. The van der Waals surface area contributed by atoms with Gasteiger partial charge in [-0.2, -0.15) is 0 Å². The van der Waals surface area contributed by atoms with Crippen molar-refractivity contribution in [1.29, 1.82) is 0 Å². The molecule has 2 aromatic rings. The minimum Gasteiger partial charge on any atom is -0.497 e. The Bertz CT molecular complexity index is 739. The number of benzene rings is 1. The van der Waals surface area contributed by atoms with Gasteiger partial charge in [0.15, 0.2) is 0 Å². The van der Waals surface area contributed by atoms with Gasteiger partial charge in [0.05, 0.1) is 13.7 Å². The summed E-state index contributed by atoms with van der Waals surface area (Å²) in [4.78, 5) is 20.2. The van der Waals surface area contributed by atoms with E-state index in [2.05, 4.69) is 4.98 Å². The summed E-state index contributed by atoms with van der Waals surface area (Å²) in [6.07, 6.45) is 6.16. The molecule has 0 bridgehead atoms. The molecule has 2 heterocycles. The van der Waals surface area contributed by atoms with E-state index in [0.717, 1.165) is 56.1 Å². The zero-order chi connectivity index (χ0) is 20.3. The van der Waals surface area contributed by atoms with Crippen molar-refractivity contribution >= 4 is 11.7 Å². The molecule has 0 N–H and O–H groups in total. The second kappa shape index (κ2) is 11.3. The summed E-state index contributed by atoms with van der Waals surface area (Å²) in [7, 11) is 1.65. The van der Waals surface area contributed by atoms with Gasteiger partial charge in [-0.3, -0.25) is 9.88 Å². The van der Waals surface area contributed by atoms with Gasteiger partial charge in [0.1, 0.15) is 11.5 Å². The van der Waals surface area contributed by atoms with E-state index in [0.29, 0.717) is 19.8 Å². The summed E-state index contributed by atoms with van der Waals surface area (Å²) in [5.74, 6) is 1.66. The molecule has 29 heavy (non-hydrogen) atoms. The lowest BCUT2D eigenvalue weighted by molar-refractivity contribution is 0.114. The van der Waals surface area contributed by atoms with Gasteiger partial charge in [-0.15, -0.1) is 0 Å². The molecule has 0 saturated carbocycles. The number of hydrogen-bond acceptors (Lipinski definition) is 5. The summed E-state index contributed by atoms with van der Waals surface area (Å²) in [6, 6.07) is 11.4. The van der Waals surface area contributed by atoms with E-state index >= 15 is 0 Å². The van der Waals surface area contributed by atoms with Crippen LogP contribution in [0.4, 0.5) is 10.5 Å². The molecule has 0 atom stereocenters. The first-order valence-electron chi connectivity index (χ1n) is 10.1. The summed E-state index contributed by atoms with van der Waals surface area (Å²) in [5, 5.41) is 0. The number of ether oxygens (including phenoxy) is 3. The molecule has 1 aromatic carbocycles. The van der Waals surface area contributed by atoms with Gasteiger partial charge in [0.25, 0.3) is 0 Å². The van der Waals surface area contributed by atoms with Gasteiger partial charge in [-0.05, 0) is 49.2 Å². The minimum absolute atomic E-state index is 0.0767. The number of amides is 2. The largest absolute Gasteiger partial charge is 0.497 e. The maximum Gasteiger partial charge on any atom is 0.324 e. The second-order valence-electron chi connectivity index (χ2n) is 6.82. The van der Waals surface area contributed by atoms with Crippen LogP contribution in [0.25, 0.3) is 0 Å². The zero-order valence-electron chi connectivity index (χ0n) is 17.0. The van der Waals surface area contributed by atoms with Crippen molar-refractivity contribution in [2.45, 2.75) is 19.3 Å². The topological polar surface area (TPSA) is 64.1 Å². The third kappa shape index (κ3) is 6.35. The molecule has 2 amide bonds. The van der Waals surface area contributed by atoms with Crippen LogP contribution in [0, 0.1) is 0 Å². The summed E-state index contributed by atoms with van der Waals surface area (Å²) in [6.45, 7) is 4.27. The van der Waals surface area contributed by atoms with Crippen LogP contribution in [0.3, 0.4) is 0 Å². The number of anilines is 1. The number of rotatable bonds is 12. The fourth-order valence-corrected chi connectivity index (χ4v) is 3.19. The van der Waals surface area contributed by atoms with Gasteiger partial charge in [0, 0.05) is 57.3 Å². The van der Waals surface area contributed by atoms with Crippen molar-refractivity contribution in [3.8, 4) is 11.5 Å². The van der Waals surface area contributed by atoms with Crippen LogP contribution in [-0.2, 0) is 4.74 Å². The number of pyridine rings is 1. The molecule has 1 saturated heterocycles. The lowest BCUT2D eigenvalue weighted by atomic mass is 10.3. The number of urea groups is 1. The highest BCUT2D eigenvalue weighted by molar-refractivity contribution is 5.93. The molecule has 0 aliphatic carbocycles. The van der Waals surface area contributed by atoms with Gasteiger partial charge in [0.2, 0.25) is 0 Å². The Morgan fingerprint density at radius 3 is 2.38 bits per heavy atom. The molecule has 1 aliphatic heterocycles. The number of methoxy groups -OCH3 is 1. The first kappa shape index (κ1) is 20.9. The van der Waals surface area contributed by atoms with Crippen molar-refractivity contribution in [3.05, 3.63) is 48.8 Å². The van der Waals surface area contributed by atoms with Crippen LogP contribution in [-0.4, -0.2) is 62.5 Å². The van der Waals surface area contributed by atoms with Crippen molar-refractivity contribution in [1.82, 2.24) is 9.88 Å². The smallest absolute Gasteiger partial charge is 0.324 e. The zero-order valence-corrected chi connectivity index (χ0v) is 17.0. The molecule has 7 nitrogen and oxygen atoms in total. The van der Waals surface area contributed by atoms with Crippen molar-refractivity contribution in [3.63, 3.8) is 0 Å². The Morgan fingerprint density at radius 1 is 0.897 bits per heavy atom. The fourth-order valence-electron chi connectivity index (χ4n) is 3.19. The van der Waals surface area contributed by atoms with Gasteiger partial charge >= 0.3 is 6.03 Å². The number of aromatic nitrogens is 1. The van der Waals surface area contributed by atoms with E-state index in [4.69, 9.17) is 14.2 Å². The highest BCUT2D eigenvalue weighted by atomic mass is 16.5. The number of carbonyl (C=O) groups is 1. The lowest BCUT2D eigenvalue weighted by Gasteiger charge is -2.18. The normalized spacial score (nSPS) is 13.8. The highest BCUT2D eigenvalue weighted by Crippen LogP contribution is 2.19. The van der Waals surface area contributed by atoms with E-state index in [1.54, 1.807) is 24.4 Å². The lowest BCUT2D eigenvalue weighted by Crippen LogP contribution is -2.32. The third-order valence-corrected chi connectivity index (χ3v) is 4.80. The second-order valence-corrected chi connectivity index (χ2v) is 6.82. The molecule has 0 radical (unpaired) electrons. The van der Waals surface area contributed by atoms with Crippen molar-refractivity contribution in [2.24, 2.45) is 0 Å². The molecule has 1 aliphatic rings. The van der Waals surface area contributed by atoms with Crippen LogP contribution in [0.15, 0.2) is 48.8 Å². The summed E-state index contributed by atoms with van der Waals surface area (Å²) >= 11 is 0. The molecule has 7 heteroatoms. The monoisotopic (exact) mass is 399 g/mol. The molecule has 1 aromatic heterocycles. The van der Waals surface area contributed by atoms with Crippen molar-refractivity contribution in [2.75, 3.05) is 51.5 Å². The number of nitrogens with zero attached hydrogens (tertiary/aromatic N) is 3. The Hall–Kier alpha value is -2.80. The standard InChI is InChI=1S/C22H29N3O4/c1-27-20-5-7-21(8-6-20)29-18-4-17-28-16-3-2-13-24-14-15-25(22(24)26)19-9-11-23-12-10-19/h5-12H,2-4,13-18H2,1H3.